The average molecular weight is 602 g/mol. The molecule has 1 atom stereocenters. The van der Waals surface area contributed by atoms with Gasteiger partial charge in [0.15, 0.2) is 11.2 Å². The second-order valence-corrected chi connectivity index (χ2v) is 10.8. The topological polar surface area (TPSA) is 169 Å². The van der Waals surface area contributed by atoms with Gasteiger partial charge < -0.3 is 25.3 Å². The van der Waals surface area contributed by atoms with Crippen LogP contribution >= 0.6 is 0 Å². The SMILES string of the molecule is CCCN1CCC(N2CCCC2c2cc3nc(CC)cc(C(F)(F)F)n3n2)CC1.O=C(O)CC(O)(CC(=O)O)C(=O)O. The minimum Gasteiger partial charge on any atom is -0.481 e. The van der Waals surface area contributed by atoms with Gasteiger partial charge in [0.1, 0.15) is 5.69 Å². The second-order valence-electron chi connectivity index (χ2n) is 10.8. The largest absolute Gasteiger partial charge is 0.481 e. The number of aliphatic carboxylic acids is 3. The molecule has 2 aromatic rings. The molecular formula is C27H38F3N5O7. The number of aliphatic hydroxyl groups is 1. The first kappa shape index (κ1) is 33.2. The lowest BCUT2D eigenvalue weighted by atomic mass is 9.96. The monoisotopic (exact) mass is 601 g/mol. The van der Waals surface area contributed by atoms with Crippen molar-refractivity contribution in [2.45, 2.75) is 89.1 Å². The highest BCUT2D eigenvalue weighted by Crippen LogP contribution is 2.37. The second kappa shape index (κ2) is 13.8. The van der Waals surface area contributed by atoms with Crippen LogP contribution in [0.3, 0.4) is 0 Å². The summed E-state index contributed by atoms with van der Waals surface area (Å²) >= 11 is 0. The molecule has 4 N–H and O–H groups in total. The maximum Gasteiger partial charge on any atom is 0.433 e. The van der Waals surface area contributed by atoms with Crippen molar-refractivity contribution < 1.29 is 48.0 Å². The molecule has 2 aromatic heterocycles. The van der Waals surface area contributed by atoms with Crippen molar-refractivity contribution in [1.29, 1.82) is 0 Å². The lowest BCUT2D eigenvalue weighted by Crippen LogP contribution is -2.44. The van der Waals surface area contributed by atoms with Crippen LogP contribution < -0.4 is 0 Å². The number of fused-ring (bicyclic) bond motifs is 1. The fourth-order valence-corrected chi connectivity index (χ4v) is 5.64. The van der Waals surface area contributed by atoms with Crippen molar-refractivity contribution in [2.75, 3.05) is 26.2 Å². The third-order valence-electron chi connectivity index (χ3n) is 7.64. The van der Waals surface area contributed by atoms with Crippen molar-refractivity contribution in [3.05, 3.63) is 29.2 Å². The summed E-state index contributed by atoms with van der Waals surface area (Å²) in [5, 5.41) is 38.2. The van der Waals surface area contributed by atoms with Gasteiger partial charge in [-0.1, -0.05) is 13.8 Å². The Morgan fingerprint density at radius 3 is 2.10 bits per heavy atom. The number of nitrogens with zero attached hydrogens (tertiary/aromatic N) is 5. The highest BCUT2D eigenvalue weighted by atomic mass is 19.4. The number of hydrogen-bond acceptors (Lipinski definition) is 8. The van der Waals surface area contributed by atoms with E-state index in [1.807, 2.05) is 6.92 Å². The first-order valence-corrected chi connectivity index (χ1v) is 14.0. The van der Waals surface area contributed by atoms with E-state index in [4.69, 9.17) is 20.4 Å². The molecule has 2 saturated heterocycles. The molecule has 234 valence electrons. The number of halogens is 3. The van der Waals surface area contributed by atoms with Crippen LogP contribution in [0.2, 0.25) is 0 Å². The molecular weight excluding hydrogens is 563 g/mol. The summed E-state index contributed by atoms with van der Waals surface area (Å²) in [6.07, 6.45) is -0.849. The number of carbonyl (C=O) groups is 3. The molecule has 0 aromatic carbocycles. The molecule has 4 heterocycles. The Kier molecular flexibility index (Phi) is 10.9. The van der Waals surface area contributed by atoms with Crippen LogP contribution in [0, 0.1) is 0 Å². The zero-order chi connectivity index (χ0) is 31.2. The van der Waals surface area contributed by atoms with Gasteiger partial charge in [0.05, 0.1) is 24.6 Å². The van der Waals surface area contributed by atoms with Gasteiger partial charge in [0.2, 0.25) is 0 Å². The van der Waals surface area contributed by atoms with E-state index in [1.54, 1.807) is 6.07 Å². The Labute approximate surface area is 240 Å². The summed E-state index contributed by atoms with van der Waals surface area (Å²) in [5.74, 6) is -5.02. The average Bonchev–Trinajstić information content (AvgIpc) is 3.54. The smallest absolute Gasteiger partial charge is 0.433 e. The lowest BCUT2D eigenvalue weighted by Gasteiger charge is -2.39. The normalized spacial score (nSPS) is 19.0. The number of piperidine rings is 1. The summed E-state index contributed by atoms with van der Waals surface area (Å²) in [6.45, 7) is 8.38. The van der Waals surface area contributed by atoms with Crippen LogP contribution in [-0.4, -0.2) is 101 Å². The predicted octanol–water partition coefficient (Wildman–Crippen LogP) is 3.07. The van der Waals surface area contributed by atoms with Gasteiger partial charge in [0, 0.05) is 17.8 Å². The van der Waals surface area contributed by atoms with Gasteiger partial charge in [0.25, 0.3) is 0 Å². The highest BCUT2D eigenvalue weighted by molar-refractivity contribution is 5.88. The molecule has 15 heteroatoms. The Morgan fingerprint density at radius 2 is 1.60 bits per heavy atom. The third-order valence-corrected chi connectivity index (χ3v) is 7.64. The maximum atomic E-state index is 13.6. The summed E-state index contributed by atoms with van der Waals surface area (Å²) in [5.41, 5.74) is -2.00. The summed E-state index contributed by atoms with van der Waals surface area (Å²) in [4.78, 5) is 39.9. The van der Waals surface area contributed by atoms with Gasteiger partial charge in [-0.2, -0.15) is 18.3 Å². The summed E-state index contributed by atoms with van der Waals surface area (Å²) in [6, 6.07) is 3.47. The van der Waals surface area contributed by atoms with E-state index in [2.05, 4.69) is 26.8 Å². The lowest BCUT2D eigenvalue weighted by molar-refractivity contribution is -0.170. The van der Waals surface area contributed by atoms with Crippen LogP contribution in [0.15, 0.2) is 12.1 Å². The summed E-state index contributed by atoms with van der Waals surface area (Å²) in [7, 11) is 0. The fraction of sp³-hybridized carbons (Fsp3) is 0.667. The molecule has 12 nitrogen and oxygen atoms in total. The molecule has 2 aliphatic rings. The maximum absolute atomic E-state index is 13.6. The van der Waals surface area contributed by atoms with Crippen LogP contribution in [0.5, 0.6) is 0 Å². The molecule has 2 fully saturated rings. The number of carboxylic acids is 3. The Bertz CT molecular complexity index is 1240. The highest BCUT2D eigenvalue weighted by Gasteiger charge is 2.41. The third kappa shape index (κ3) is 8.16. The number of hydrogen-bond donors (Lipinski definition) is 4. The minimum atomic E-state index is -4.45. The standard InChI is InChI=1S/C21H30F3N5.C6H8O7/c1-3-9-27-11-7-16(8-12-27)28-10-5-6-18(28)17-14-20-25-15(4-2)13-19(21(22,23)24)29(20)26-17;7-3(8)1-6(13,5(11)12)2-4(9)10/h13-14,16,18H,3-12H2,1-2H3;13H,1-2H2,(H,7,8)(H,9,10)(H,11,12). The zero-order valence-electron chi connectivity index (χ0n) is 23.7. The molecule has 0 amide bonds. The summed E-state index contributed by atoms with van der Waals surface area (Å²) < 4.78 is 41.7. The number of alkyl halides is 3. The quantitative estimate of drug-likeness (QED) is 0.316. The number of rotatable bonds is 10. The van der Waals surface area contributed by atoms with E-state index in [-0.39, 0.29) is 6.04 Å². The van der Waals surface area contributed by atoms with Crippen molar-refractivity contribution in [3.63, 3.8) is 0 Å². The van der Waals surface area contributed by atoms with Gasteiger partial charge in [-0.3, -0.25) is 14.5 Å². The minimum absolute atomic E-state index is 0.0885. The Hall–Kier alpha value is -3.30. The van der Waals surface area contributed by atoms with Crippen molar-refractivity contribution in [1.82, 2.24) is 24.4 Å². The number of likely N-dealkylation sites (tertiary alicyclic amines) is 2. The van der Waals surface area contributed by atoms with Crippen LogP contribution in [0.4, 0.5) is 13.2 Å². The van der Waals surface area contributed by atoms with Gasteiger partial charge in [-0.05, 0) is 70.8 Å². The molecule has 2 aliphatic heterocycles. The number of aryl methyl sites for hydroxylation is 1. The van der Waals surface area contributed by atoms with Crippen molar-refractivity contribution >= 4 is 23.6 Å². The van der Waals surface area contributed by atoms with E-state index in [0.717, 1.165) is 68.1 Å². The molecule has 0 aliphatic carbocycles. The van der Waals surface area contributed by atoms with E-state index >= 15 is 0 Å². The Balaban J connectivity index is 0.000000316. The number of aromatic nitrogens is 3. The van der Waals surface area contributed by atoms with Crippen molar-refractivity contribution in [2.24, 2.45) is 0 Å². The molecule has 0 spiro atoms. The van der Waals surface area contributed by atoms with Crippen LogP contribution in [0.1, 0.15) is 81.9 Å². The van der Waals surface area contributed by atoms with Crippen molar-refractivity contribution in [3.8, 4) is 0 Å². The van der Waals surface area contributed by atoms with Gasteiger partial charge in [-0.15, -0.1) is 0 Å². The molecule has 1 unspecified atom stereocenters. The number of carboxylic acid groups (broad SMARTS) is 3. The molecule has 4 rings (SSSR count). The van der Waals surface area contributed by atoms with Gasteiger partial charge in [-0.25, -0.2) is 14.3 Å². The molecule has 42 heavy (non-hydrogen) atoms. The Morgan fingerprint density at radius 1 is 0.976 bits per heavy atom. The first-order chi connectivity index (χ1) is 19.7. The zero-order valence-corrected chi connectivity index (χ0v) is 23.7. The van der Waals surface area contributed by atoms with Gasteiger partial charge >= 0.3 is 24.1 Å². The van der Waals surface area contributed by atoms with E-state index in [1.165, 1.54) is 6.42 Å². The van der Waals surface area contributed by atoms with E-state index in [0.29, 0.717) is 23.8 Å². The van der Waals surface area contributed by atoms with Crippen LogP contribution in [-0.2, 0) is 27.0 Å². The molecule has 0 saturated carbocycles. The fourth-order valence-electron chi connectivity index (χ4n) is 5.64. The van der Waals surface area contributed by atoms with Crippen LogP contribution in [0.25, 0.3) is 5.65 Å². The van der Waals surface area contributed by atoms with E-state index < -0.39 is 48.2 Å². The molecule has 0 bridgehead atoms. The molecule has 0 radical (unpaired) electrons. The predicted molar refractivity (Wildman–Crippen MR) is 143 cm³/mol. The van der Waals surface area contributed by atoms with E-state index in [9.17, 15) is 27.6 Å². The first-order valence-electron chi connectivity index (χ1n) is 14.0.